The third-order valence-electron chi connectivity index (χ3n) is 5.78. The number of anilines is 2. The normalized spacial score (nSPS) is 13.1. The van der Waals surface area contributed by atoms with Crippen molar-refractivity contribution in [2.24, 2.45) is 0 Å². The Bertz CT molecular complexity index is 1420. The maximum atomic E-state index is 15.8. The van der Waals surface area contributed by atoms with Crippen molar-refractivity contribution in [1.82, 2.24) is 15.0 Å². The molecule has 0 radical (unpaired) electrons. The van der Waals surface area contributed by atoms with E-state index in [0.29, 0.717) is 22.8 Å². The summed E-state index contributed by atoms with van der Waals surface area (Å²) in [5, 5.41) is 3.07. The lowest BCUT2D eigenvalue weighted by Crippen LogP contribution is -2.22. The molecule has 9 heteroatoms. The van der Waals surface area contributed by atoms with E-state index < -0.39 is 15.5 Å². The number of nitrogens with zero attached hydrogens (tertiary/aromatic N) is 3. The van der Waals surface area contributed by atoms with Crippen LogP contribution in [0.4, 0.5) is 16.0 Å². The number of sulfone groups is 1. The maximum absolute atomic E-state index is 15.8. The SMILES string of the molecule is C=C(C)c1ccc(-c2cc(Nc3cc(CS(C)(=O)=O)cc(C(F)(CC)C(=C)C)n3)ncn2)c(OC)c1. The number of ether oxygens (including phenoxy) is 1. The van der Waals surface area contributed by atoms with E-state index in [1.54, 1.807) is 33.1 Å². The summed E-state index contributed by atoms with van der Waals surface area (Å²) >= 11 is 0. The van der Waals surface area contributed by atoms with Gasteiger partial charge in [-0.3, -0.25) is 0 Å². The van der Waals surface area contributed by atoms with Crippen molar-refractivity contribution in [2.75, 3.05) is 18.7 Å². The summed E-state index contributed by atoms with van der Waals surface area (Å²) in [4.78, 5) is 13.1. The lowest BCUT2D eigenvalue weighted by molar-refractivity contribution is 0.202. The van der Waals surface area contributed by atoms with E-state index in [-0.39, 0.29) is 29.3 Å². The van der Waals surface area contributed by atoms with E-state index in [2.05, 4.69) is 33.4 Å². The van der Waals surface area contributed by atoms with Gasteiger partial charge in [-0.15, -0.1) is 0 Å². The number of nitrogens with one attached hydrogen (secondary N) is 1. The number of hydrogen-bond acceptors (Lipinski definition) is 7. The number of benzene rings is 1. The molecule has 0 bridgehead atoms. The predicted octanol–water partition coefficient (Wildman–Crippen LogP) is 6.02. The Labute approximate surface area is 212 Å². The number of hydrogen-bond donors (Lipinski definition) is 1. The van der Waals surface area contributed by atoms with Gasteiger partial charge in [0.15, 0.2) is 15.5 Å². The minimum Gasteiger partial charge on any atom is -0.496 e. The van der Waals surface area contributed by atoms with Crippen LogP contribution in [0.25, 0.3) is 16.8 Å². The molecule has 3 aromatic rings. The van der Waals surface area contributed by atoms with Crippen LogP contribution in [0.3, 0.4) is 0 Å². The molecule has 0 aliphatic carbocycles. The van der Waals surface area contributed by atoms with Gasteiger partial charge in [-0.05, 0) is 61.2 Å². The van der Waals surface area contributed by atoms with Crippen LogP contribution in [-0.2, 0) is 21.3 Å². The van der Waals surface area contributed by atoms with Gasteiger partial charge in [-0.1, -0.05) is 31.7 Å². The van der Waals surface area contributed by atoms with Gasteiger partial charge < -0.3 is 10.1 Å². The number of pyridine rings is 1. The van der Waals surface area contributed by atoms with Crippen LogP contribution in [0.1, 0.15) is 44.0 Å². The average Bonchev–Trinajstić information content (AvgIpc) is 2.81. The number of methoxy groups -OCH3 is 1. The molecule has 2 heterocycles. The first-order valence-corrected chi connectivity index (χ1v) is 13.4. The third-order valence-corrected chi connectivity index (χ3v) is 6.63. The highest BCUT2D eigenvalue weighted by atomic mass is 32.2. The Hall–Kier alpha value is -3.59. The molecule has 1 unspecified atom stereocenters. The Morgan fingerprint density at radius 2 is 1.83 bits per heavy atom. The number of aromatic nitrogens is 3. The molecule has 190 valence electrons. The standard InChI is InChI=1S/C27H31FN4O3S/c1-8-27(28,18(4)5)24-11-19(15-36(7,33)34)12-26(31-24)32-25-14-22(29-16-30-25)21-10-9-20(17(2)3)13-23(21)35-6/h9-14,16H,2,4,8,15H2,1,3,5-7H3,(H,29,30,31,32). The lowest BCUT2D eigenvalue weighted by Gasteiger charge is -2.25. The van der Waals surface area contributed by atoms with E-state index in [9.17, 15) is 8.42 Å². The second-order valence-electron chi connectivity index (χ2n) is 8.86. The number of rotatable bonds is 10. The fraction of sp³-hybridized carbons (Fsp3) is 0.296. The summed E-state index contributed by atoms with van der Waals surface area (Å²) in [7, 11) is -1.78. The van der Waals surface area contributed by atoms with Gasteiger partial charge in [0, 0.05) is 17.9 Å². The molecule has 0 aliphatic rings. The fourth-order valence-corrected chi connectivity index (χ4v) is 4.59. The second kappa shape index (κ2) is 10.6. The zero-order chi connectivity index (χ0) is 26.7. The topological polar surface area (TPSA) is 94.1 Å². The van der Waals surface area contributed by atoms with Gasteiger partial charge in [0.05, 0.1) is 24.3 Å². The summed E-state index contributed by atoms with van der Waals surface area (Å²) in [6.07, 6.45) is 2.63. The van der Waals surface area contributed by atoms with E-state index >= 15 is 4.39 Å². The molecule has 0 saturated carbocycles. The number of allylic oxidation sites excluding steroid dienone is 2. The summed E-state index contributed by atoms with van der Waals surface area (Å²) in [6.45, 7) is 12.9. The predicted molar refractivity (Wildman–Crippen MR) is 143 cm³/mol. The summed E-state index contributed by atoms with van der Waals surface area (Å²) in [6, 6.07) is 10.5. The molecular weight excluding hydrogens is 479 g/mol. The zero-order valence-electron chi connectivity index (χ0n) is 21.2. The Morgan fingerprint density at radius 3 is 2.42 bits per heavy atom. The molecule has 0 amide bonds. The Kier molecular flexibility index (Phi) is 7.93. The van der Waals surface area contributed by atoms with Crippen LogP contribution >= 0.6 is 0 Å². The van der Waals surface area contributed by atoms with Gasteiger partial charge in [0.1, 0.15) is 23.7 Å². The lowest BCUT2D eigenvalue weighted by atomic mass is 9.90. The van der Waals surface area contributed by atoms with Crippen molar-refractivity contribution in [3.63, 3.8) is 0 Å². The second-order valence-corrected chi connectivity index (χ2v) is 11.0. The van der Waals surface area contributed by atoms with Crippen molar-refractivity contribution >= 4 is 27.0 Å². The number of halogens is 1. The van der Waals surface area contributed by atoms with Crippen LogP contribution < -0.4 is 10.1 Å². The smallest absolute Gasteiger partial charge is 0.173 e. The minimum absolute atomic E-state index is 0.0903. The van der Waals surface area contributed by atoms with Crippen molar-refractivity contribution in [2.45, 2.75) is 38.6 Å². The average molecular weight is 511 g/mol. The zero-order valence-corrected chi connectivity index (χ0v) is 22.0. The Balaban J connectivity index is 2.05. The van der Waals surface area contributed by atoms with Gasteiger partial charge >= 0.3 is 0 Å². The monoisotopic (exact) mass is 510 g/mol. The molecule has 0 fully saturated rings. The highest BCUT2D eigenvalue weighted by Crippen LogP contribution is 2.37. The van der Waals surface area contributed by atoms with Gasteiger partial charge in [-0.25, -0.2) is 27.8 Å². The molecule has 7 nitrogen and oxygen atoms in total. The van der Waals surface area contributed by atoms with Crippen molar-refractivity contribution in [3.8, 4) is 17.0 Å². The van der Waals surface area contributed by atoms with Gasteiger partial charge in [0.2, 0.25) is 0 Å². The minimum atomic E-state index is -3.36. The van der Waals surface area contributed by atoms with E-state index in [1.165, 1.54) is 12.4 Å². The molecular formula is C27H31FN4O3S. The molecule has 36 heavy (non-hydrogen) atoms. The summed E-state index contributed by atoms with van der Waals surface area (Å²) in [5.41, 5.74) is 2.09. The summed E-state index contributed by atoms with van der Waals surface area (Å²) < 4.78 is 45.3. The first-order valence-electron chi connectivity index (χ1n) is 11.3. The molecule has 0 saturated heterocycles. The van der Waals surface area contributed by atoms with Gasteiger partial charge in [-0.2, -0.15) is 0 Å². The highest BCUT2D eigenvalue weighted by molar-refractivity contribution is 7.89. The van der Waals surface area contributed by atoms with Crippen molar-refractivity contribution in [1.29, 1.82) is 0 Å². The fourth-order valence-electron chi connectivity index (χ4n) is 3.81. The highest BCUT2D eigenvalue weighted by Gasteiger charge is 2.33. The van der Waals surface area contributed by atoms with Crippen molar-refractivity contribution in [3.05, 3.63) is 78.3 Å². The maximum Gasteiger partial charge on any atom is 0.173 e. The van der Waals surface area contributed by atoms with Crippen LogP contribution in [0, 0.1) is 0 Å². The molecule has 2 aromatic heterocycles. The first kappa shape index (κ1) is 27.0. The quantitative estimate of drug-likeness (QED) is 0.333. The van der Waals surface area contributed by atoms with Gasteiger partial charge in [0.25, 0.3) is 0 Å². The van der Waals surface area contributed by atoms with Crippen LogP contribution in [-0.4, -0.2) is 36.7 Å². The van der Waals surface area contributed by atoms with E-state index in [1.807, 2.05) is 25.1 Å². The Morgan fingerprint density at radius 1 is 1.11 bits per heavy atom. The molecule has 1 atom stereocenters. The molecule has 3 rings (SSSR count). The third kappa shape index (κ3) is 6.15. The first-order chi connectivity index (χ1) is 16.9. The molecule has 1 N–H and O–H groups in total. The molecule has 1 aromatic carbocycles. The van der Waals surface area contributed by atoms with E-state index in [0.717, 1.165) is 23.0 Å². The van der Waals surface area contributed by atoms with Crippen LogP contribution in [0.5, 0.6) is 5.75 Å². The van der Waals surface area contributed by atoms with Crippen LogP contribution in [0.2, 0.25) is 0 Å². The van der Waals surface area contributed by atoms with Crippen LogP contribution in [0.15, 0.2) is 61.5 Å². The number of alkyl halides is 1. The molecule has 0 aliphatic heterocycles. The summed E-state index contributed by atoms with van der Waals surface area (Å²) in [5.74, 6) is 1.03. The van der Waals surface area contributed by atoms with Crippen molar-refractivity contribution < 1.29 is 17.5 Å². The largest absolute Gasteiger partial charge is 0.496 e. The van der Waals surface area contributed by atoms with E-state index in [4.69, 9.17) is 4.74 Å². The molecule has 0 spiro atoms.